The average molecular weight is 377 g/mol. The largest absolute Gasteiger partial charge is 0.324 e. The summed E-state index contributed by atoms with van der Waals surface area (Å²) in [7, 11) is 0. The fourth-order valence-corrected chi connectivity index (χ4v) is 3.19. The molecule has 0 heterocycles. The summed E-state index contributed by atoms with van der Waals surface area (Å²) in [5.74, 6) is 0.742. The second kappa shape index (κ2) is 8.34. The van der Waals surface area contributed by atoms with Crippen molar-refractivity contribution in [3.05, 3.63) is 32.7 Å². The SMILES string of the molecule is CCCCC(CC)CC(N)c1cc(Br)ccc1Br. The van der Waals surface area contributed by atoms with Gasteiger partial charge in [-0.1, -0.05) is 71.4 Å². The first kappa shape index (κ1) is 16.2. The lowest BCUT2D eigenvalue weighted by Gasteiger charge is -2.21. The Kier molecular flexibility index (Phi) is 7.50. The van der Waals surface area contributed by atoms with E-state index in [9.17, 15) is 0 Å². The lowest BCUT2D eigenvalue weighted by Crippen LogP contribution is -2.16. The highest BCUT2D eigenvalue weighted by molar-refractivity contribution is 9.11. The summed E-state index contributed by atoms with van der Waals surface area (Å²) in [4.78, 5) is 0. The van der Waals surface area contributed by atoms with Crippen LogP contribution in [0.2, 0.25) is 0 Å². The van der Waals surface area contributed by atoms with Gasteiger partial charge in [0.25, 0.3) is 0 Å². The molecule has 102 valence electrons. The Balaban J connectivity index is 2.67. The smallest absolute Gasteiger partial charge is 0.0309 e. The molecule has 2 N–H and O–H groups in total. The summed E-state index contributed by atoms with van der Waals surface area (Å²) >= 11 is 7.11. The van der Waals surface area contributed by atoms with Crippen LogP contribution in [0, 0.1) is 5.92 Å². The van der Waals surface area contributed by atoms with E-state index in [0.717, 1.165) is 21.3 Å². The van der Waals surface area contributed by atoms with Crippen molar-refractivity contribution in [2.24, 2.45) is 11.7 Å². The molecule has 2 unspecified atom stereocenters. The standard InChI is InChI=1S/C15H23Br2N/c1-3-5-6-11(4-2)9-15(18)13-10-12(16)7-8-14(13)17/h7-8,10-11,15H,3-6,9,18H2,1-2H3. The first-order valence-electron chi connectivity index (χ1n) is 6.79. The van der Waals surface area contributed by atoms with Crippen molar-refractivity contribution >= 4 is 31.9 Å². The molecule has 0 aliphatic rings. The van der Waals surface area contributed by atoms with Crippen molar-refractivity contribution < 1.29 is 0 Å². The van der Waals surface area contributed by atoms with Crippen LogP contribution in [0.5, 0.6) is 0 Å². The normalized spacial score (nSPS) is 14.5. The highest BCUT2D eigenvalue weighted by Crippen LogP contribution is 2.31. The van der Waals surface area contributed by atoms with Gasteiger partial charge in [0.15, 0.2) is 0 Å². The van der Waals surface area contributed by atoms with Crippen molar-refractivity contribution in [2.75, 3.05) is 0 Å². The van der Waals surface area contributed by atoms with Gasteiger partial charge >= 0.3 is 0 Å². The third kappa shape index (κ3) is 5.02. The van der Waals surface area contributed by atoms with Gasteiger partial charge in [0.05, 0.1) is 0 Å². The first-order valence-corrected chi connectivity index (χ1v) is 8.37. The molecule has 18 heavy (non-hydrogen) atoms. The van der Waals surface area contributed by atoms with Gasteiger partial charge < -0.3 is 5.73 Å². The number of nitrogens with two attached hydrogens (primary N) is 1. The number of halogens is 2. The van der Waals surface area contributed by atoms with Gasteiger partial charge in [-0.25, -0.2) is 0 Å². The second-order valence-electron chi connectivity index (χ2n) is 4.92. The summed E-state index contributed by atoms with van der Waals surface area (Å²) in [6.07, 6.45) is 6.17. The first-order chi connectivity index (χ1) is 8.58. The summed E-state index contributed by atoms with van der Waals surface area (Å²) in [5.41, 5.74) is 7.57. The Hall–Kier alpha value is 0.140. The van der Waals surface area contributed by atoms with Crippen molar-refractivity contribution in [1.29, 1.82) is 0 Å². The molecule has 0 aliphatic carbocycles. The molecule has 0 fully saturated rings. The molecule has 0 aromatic heterocycles. The second-order valence-corrected chi connectivity index (χ2v) is 6.69. The number of benzene rings is 1. The summed E-state index contributed by atoms with van der Waals surface area (Å²) in [6.45, 7) is 4.51. The zero-order chi connectivity index (χ0) is 13.5. The van der Waals surface area contributed by atoms with E-state index in [1.807, 2.05) is 6.07 Å². The van der Waals surface area contributed by atoms with Crippen LogP contribution in [0.1, 0.15) is 57.6 Å². The van der Waals surface area contributed by atoms with Gasteiger partial charge in [-0.05, 0) is 36.1 Å². The molecule has 0 saturated carbocycles. The lowest BCUT2D eigenvalue weighted by atomic mass is 9.90. The van der Waals surface area contributed by atoms with E-state index in [0.29, 0.717) is 0 Å². The quantitative estimate of drug-likeness (QED) is 0.637. The Morgan fingerprint density at radius 2 is 1.94 bits per heavy atom. The minimum Gasteiger partial charge on any atom is -0.324 e. The van der Waals surface area contributed by atoms with E-state index in [1.54, 1.807) is 0 Å². The Morgan fingerprint density at radius 3 is 2.56 bits per heavy atom. The monoisotopic (exact) mass is 375 g/mol. The van der Waals surface area contributed by atoms with Crippen LogP contribution >= 0.6 is 31.9 Å². The molecular formula is C15H23Br2N. The van der Waals surface area contributed by atoms with Crippen molar-refractivity contribution in [3.8, 4) is 0 Å². The molecule has 1 rings (SSSR count). The fourth-order valence-electron chi connectivity index (χ4n) is 2.27. The third-order valence-electron chi connectivity index (χ3n) is 3.49. The highest BCUT2D eigenvalue weighted by atomic mass is 79.9. The van der Waals surface area contributed by atoms with Crippen LogP contribution in [-0.2, 0) is 0 Å². The van der Waals surface area contributed by atoms with Crippen molar-refractivity contribution in [2.45, 2.75) is 52.0 Å². The van der Waals surface area contributed by atoms with Gasteiger partial charge in [-0.2, -0.15) is 0 Å². The summed E-state index contributed by atoms with van der Waals surface area (Å²) < 4.78 is 2.21. The predicted molar refractivity (Wildman–Crippen MR) is 86.7 cm³/mol. The zero-order valence-corrected chi connectivity index (χ0v) is 14.4. The van der Waals surface area contributed by atoms with E-state index >= 15 is 0 Å². The molecule has 3 heteroatoms. The minimum atomic E-state index is 0.124. The number of rotatable bonds is 7. The molecule has 0 aliphatic heterocycles. The fraction of sp³-hybridized carbons (Fsp3) is 0.600. The molecule has 0 saturated heterocycles. The van der Waals surface area contributed by atoms with Crippen LogP contribution in [0.3, 0.4) is 0 Å². The summed E-state index contributed by atoms with van der Waals surface area (Å²) in [5, 5.41) is 0. The molecule has 1 aromatic rings. The van der Waals surface area contributed by atoms with E-state index in [4.69, 9.17) is 5.73 Å². The molecule has 0 bridgehead atoms. The van der Waals surface area contributed by atoms with Gasteiger partial charge in [0.2, 0.25) is 0 Å². The van der Waals surface area contributed by atoms with Gasteiger partial charge in [-0.15, -0.1) is 0 Å². The average Bonchev–Trinajstić information content (AvgIpc) is 2.37. The van der Waals surface area contributed by atoms with Gasteiger partial charge in [0, 0.05) is 15.0 Å². The van der Waals surface area contributed by atoms with E-state index < -0.39 is 0 Å². The third-order valence-corrected chi connectivity index (χ3v) is 4.70. The molecular weight excluding hydrogens is 354 g/mol. The predicted octanol–water partition coefficient (Wildman–Crippen LogP) is 5.82. The van der Waals surface area contributed by atoms with Gasteiger partial charge in [0.1, 0.15) is 0 Å². The van der Waals surface area contributed by atoms with Crippen LogP contribution in [0.4, 0.5) is 0 Å². The number of unbranched alkanes of at least 4 members (excludes halogenated alkanes) is 1. The molecule has 2 atom stereocenters. The summed E-state index contributed by atoms with van der Waals surface area (Å²) in [6, 6.07) is 6.35. The minimum absolute atomic E-state index is 0.124. The number of hydrogen-bond donors (Lipinski definition) is 1. The maximum atomic E-state index is 6.36. The molecule has 1 nitrogen and oxygen atoms in total. The molecule has 1 aromatic carbocycles. The Morgan fingerprint density at radius 1 is 1.22 bits per heavy atom. The number of hydrogen-bond acceptors (Lipinski definition) is 1. The maximum absolute atomic E-state index is 6.36. The molecule has 0 radical (unpaired) electrons. The van der Waals surface area contributed by atoms with Crippen LogP contribution in [0.15, 0.2) is 27.1 Å². The maximum Gasteiger partial charge on any atom is 0.0309 e. The molecule has 0 amide bonds. The van der Waals surface area contributed by atoms with Crippen LogP contribution in [0.25, 0.3) is 0 Å². The topological polar surface area (TPSA) is 26.0 Å². The van der Waals surface area contributed by atoms with E-state index in [1.165, 1.54) is 31.2 Å². The van der Waals surface area contributed by atoms with Crippen LogP contribution in [-0.4, -0.2) is 0 Å². The van der Waals surface area contributed by atoms with Crippen molar-refractivity contribution in [1.82, 2.24) is 0 Å². The van der Waals surface area contributed by atoms with E-state index in [2.05, 4.69) is 57.8 Å². The Bertz CT molecular complexity index is 366. The zero-order valence-electron chi connectivity index (χ0n) is 11.3. The van der Waals surface area contributed by atoms with Crippen molar-refractivity contribution in [3.63, 3.8) is 0 Å². The highest BCUT2D eigenvalue weighted by Gasteiger charge is 2.15. The lowest BCUT2D eigenvalue weighted by molar-refractivity contribution is 0.388. The Labute approximate surface area is 128 Å². The van der Waals surface area contributed by atoms with Crippen LogP contribution < -0.4 is 5.73 Å². The van der Waals surface area contributed by atoms with E-state index in [-0.39, 0.29) is 6.04 Å². The molecule has 0 spiro atoms. The van der Waals surface area contributed by atoms with Gasteiger partial charge in [-0.3, -0.25) is 0 Å².